The molecular weight excluding hydrogens is 216 g/mol. The lowest BCUT2D eigenvalue weighted by atomic mass is 10.0. The van der Waals surface area contributed by atoms with Gasteiger partial charge in [-0.3, -0.25) is 4.79 Å². The Hall–Kier alpha value is -0.610. The standard InChI is InChI=1S/C13H24N2O2/c16-10-12-5-3-9-15(12)13(17)7-6-11-4-1-2-8-14-11/h11-12,14,16H,1-10H2/t11?,12-/m0/s1. The first-order valence-corrected chi connectivity index (χ1v) is 6.95. The van der Waals surface area contributed by atoms with Crippen molar-refractivity contribution in [3.8, 4) is 0 Å². The Balaban J connectivity index is 1.72. The highest BCUT2D eigenvalue weighted by molar-refractivity contribution is 5.76. The third-order valence-corrected chi connectivity index (χ3v) is 4.03. The molecule has 1 amide bonds. The van der Waals surface area contributed by atoms with Gasteiger partial charge in [-0.15, -0.1) is 0 Å². The predicted octanol–water partition coefficient (Wildman–Crippen LogP) is 0.892. The van der Waals surface area contributed by atoms with Crippen molar-refractivity contribution in [3.05, 3.63) is 0 Å². The average Bonchev–Trinajstić information content (AvgIpc) is 2.85. The largest absolute Gasteiger partial charge is 0.394 e. The zero-order valence-corrected chi connectivity index (χ0v) is 10.5. The van der Waals surface area contributed by atoms with E-state index in [1.54, 1.807) is 0 Å². The maximum absolute atomic E-state index is 12.0. The minimum Gasteiger partial charge on any atom is -0.394 e. The SMILES string of the molecule is O=C(CCC1CCCCN1)N1CCC[C@H]1CO. The normalized spacial score (nSPS) is 29.6. The van der Waals surface area contributed by atoms with Crippen LogP contribution in [0.2, 0.25) is 0 Å². The van der Waals surface area contributed by atoms with Crippen LogP contribution in [0, 0.1) is 0 Å². The van der Waals surface area contributed by atoms with Gasteiger partial charge in [0.05, 0.1) is 12.6 Å². The highest BCUT2D eigenvalue weighted by atomic mass is 16.3. The van der Waals surface area contributed by atoms with E-state index in [0.717, 1.165) is 32.4 Å². The first-order chi connectivity index (χ1) is 8.31. The molecule has 1 unspecified atom stereocenters. The van der Waals surface area contributed by atoms with Gasteiger partial charge >= 0.3 is 0 Å². The molecule has 0 aliphatic carbocycles. The van der Waals surface area contributed by atoms with Gasteiger partial charge < -0.3 is 15.3 Å². The third-order valence-electron chi connectivity index (χ3n) is 4.03. The molecule has 0 aromatic heterocycles. The molecule has 4 nitrogen and oxygen atoms in total. The zero-order valence-electron chi connectivity index (χ0n) is 10.5. The number of rotatable bonds is 4. The van der Waals surface area contributed by atoms with Gasteiger partial charge in [-0.2, -0.15) is 0 Å². The Labute approximate surface area is 103 Å². The van der Waals surface area contributed by atoms with Crippen molar-refractivity contribution in [2.24, 2.45) is 0 Å². The summed E-state index contributed by atoms with van der Waals surface area (Å²) in [5, 5.41) is 12.7. The van der Waals surface area contributed by atoms with Crippen molar-refractivity contribution in [1.82, 2.24) is 10.2 Å². The van der Waals surface area contributed by atoms with E-state index < -0.39 is 0 Å². The summed E-state index contributed by atoms with van der Waals surface area (Å²) in [5.74, 6) is 0.230. The molecule has 2 heterocycles. The van der Waals surface area contributed by atoms with Gasteiger partial charge in [0.2, 0.25) is 5.91 Å². The summed E-state index contributed by atoms with van der Waals surface area (Å²) in [6, 6.07) is 0.615. The fourth-order valence-electron chi connectivity index (χ4n) is 2.97. The second-order valence-corrected chi connectivity index (χ2v) is 5.25. The number of amides is 1. The fourth-order valence-corrected chi connectivity index (χ4v) is 2.97. The van der Waals surface area contributed by atoms with E-state index in [2.05, 4.69) is 5.32 Å². The Morgan fingerprint density at radius 3 is 2.88 bits per heavy atom. The van der Waals surface area contributed by atoms with Gasteiger partial charge in [0.15, 0.2) is 0 Å². The van der Waals surface area contributed by atoms with E-state index in [9.17, 15) is 9.90 Å². The quantitative estimate of drug-likeness (QED) is 0.767. The molecule has 0 spiro atoms. The maximum atomic E-state index is 12.0. The molecule has 2 rings (SSSR count). The van der Waals surface area contributed by atoms with Crippen molar-refractivity contribution in [1.29, 1.82) is 0 Å². The van der Waals surface area contributed by atoms with E-state index >= 15 is 0 Å². The van der Waals surface area contributed by atoms with Crippen molar-refractivity contribution in [2.75, 3.05) is 19.7 Å². The fraction of sp³-hybridized carbons (Fsp3) is 0.923. The van der Waals surface area contributed by atoms with E-state index in [0.29, 0.717) is 12.5 Å². The second kappa shape index (κ2) is 6.36. The lowest BCUT2D eigenvalue weighted by Gasteiger charge is -2.26. The average molecular weight is 240 g/mol. The molecule has 2 aliphatic rings. The number of nitrogens with one attached hydrogen (secondary N) is 1. The third kappa shape index (κ3) is 3.42. The van der Waals surface area contributed by atoms with Crippen molar-refractivity contribution in [3.63, 3.8) is 0 Å². The number of hydrogen-bond donors (Lipinski definition) is 2. The van der Waals surface area contributed by atoms with Gasteiger partial charge in [-0.05, 0) is 38.6 Å². The topological polar surface area (TPSA) is 52.6 Å². The Morgan fingerprint density at radius 1 is 1.29 bits per heavy atom. The molecule has 2 atom stereocenters. The summed E-state index contributed by atoms with van der Waals surface area (Å²) in [5.41, 5.74) is 0. The summed E-state index contributed by atoms with van der Waals surface area (Å²) >= 11 is 0. The molecule has 0 radical (unpaired) electrons. The minimum absolute atomic E-state index is 0.0850. The van der Waals surface area contributed by atoms with Crippen LogP contribution >= 0.6 is 0 Å². The summed E-state index contributed by atoms with van der Waals surface area (Å²) < 4.78 is 0. The number of carbonyl (C=O) groups excluding carboxylic acids is 1. The van der Waals surface area contributed by atoms with Crippen LogP contribution in [0.4, 0.5) is 0 Å². The van der Waals surface area contributed by atoms with Crippen LogP contribution in [-0.2, 0) is 4.79 Å². The molecule has 4 heteroatoms. The first-order valence-electron chi connectivity index (χ1n) is 6.95. The molecule has 0 aromatic carbocycles. The summed E-state index contributed by atoms with van der Waals surface area (Å²) in [7, 11) is 0. The monoisotopic (exact) mass is 240 g/mol. The summed E-state index contributed by atoms with van der Waals surface area (Å²) in [6.45, 7) is 2.05. The van der Waals surface area contributed by atoms with Crippen LogP contribution in [0.3, 0.4) is 0 Å². The van der Waals surface area contributed by atoms with Crippen molar-refractivity contribution >= 4 is 5.91 Å². The minimum atomic E-state index is 0.0850. The summed E-state index contributed by atoms with van der Waals surface area (Å²) in [6.07, 6.45) is 7.35. The van der Waals surface area contributed by atoms with E-state index in [-0.39, 0.29) is 18.6 Å². The molecule has 17 heavy (non-hydrogen) atoms. The van der Waals surface area contributed by atoms with Crippen molar-refractivity contribution < 1.29 is 9.90 Å². The molecular formula is C13H24N2O2. The second-order valence-electron chi connectivity index (χ2n) is 5.25. The Bertz CT molecular complexity index is 252. The Morgan fingerprint density at radius 2 is 2.18 bits per heavy atom. The van der Waals surface area contributed by atoms with Crippen LogP contribution in [0.1, 0.15) is 44.9 Å². The first kappa shape index (κ1) is 12.8. The molecule has 2 saturated heterocycles. The van der Waals surface area contributed by atoms with Crippen molar-refractivity contribution in [2.45, 2.75) is 57.0 Å². The number of piperidine rings is 1. The van der Waals surface area contributed by atoms with Gasteiger partial charge in [0, 0.05) is 19.0 Å². The van der Waals surface area contributed by atoms with Crippen LogP contribution in [0.5, 0.6) is 0 Å². The molecule has 0 saturated carbocycles. The lowest BCUT2D eigenvalue weighted by Crippen LogP contribution is -2.39. The molecule has 0 bridgehead atoms. The van der Waals surface area contributed by atoms with E-state index in [1.165, 1.54) is 19.3 Å². The molecule has 2 N–H and O–H groups in total. The lowest BCUT2D eigenvalue weighted by molar-refractivity contribution is -0.133. The number of likely N-dealkylation sites (tertiary alicyclic amines) is 1. The van der Waals surface area contributed by atoms with Crippen LogP contribution in [0.15, 0.2) is 0 Å². The predicted molar refractivity (Wildman–Crippen MR) is 66.7 cm³/mol. The van der Waals surface area contributed by atoms with E-state index in [1.807, 2.05) is 4.90 Å². The van der Waals surface area contributed by atoms with E-state index in [4.69, 9.17) is 0 Å². The number of aliphatic hydroxyl groups is 1. The highest BCUT2D eigenvalue weighted by Gasteiger charge is 2.28. The summed E-state index contributed by atoms with van der Waals surface area (Å²) in [4.78, 5) is 13.9. The number of aliphatic hydroxyl groups excluding tert-OH is 1. The van der Waals surface area contributed by atoms with Crippen LogP contribution in [0.25, 0.3) is 0 Å². The Kier molecular flexibility index (Phi) is 4.80. The van der Waals surface area contributed by atoms with Gasteiger partial charge in [0.1, 0.15) is 0 Å². The highest BCUT2D eigenvalue weighted by Crippen LogP contribution is 2.19. The number of nitrogens with zero attached hydrogens (tertiary/aromatic N) is 1. The molecule has 2 aliphatic heterocycles. The number of hydrogen-bond acceptors (Lipinski definition) is 3. The maximum Gasteiger partial charge on any atom is 0.222 e. The van der Waals surface area contributed by atoms with Gasteiger partial charge in [-0.1, -0.05) is 6.42 Å². The molecule has 2 fully saturated rings. The molecule has 0 aromatic rings. The zero-order chi connectivity index (χ0) is 12.1. The van der Waals surface area contributed by atoms with Gasteiger partial charge in [0.25, 0.3) is 0 Å². The van der Waals surface area contributed by atoms with Crippen LogP contribution in [-0.4, -0.2) is 47.7 Å². The smallest absolute Gasteiger partial charge is 0.222 e. The number of carbonyl (C=O) groups is 1. The molecule has 98 valence electrons. The van der Waals surface area contributed by atoms with Gasteiger partial charge in [-0.25, -0.2) is 0 Å². The van der Waals surface area contributed by atoms with Crippen LogP contribution < -0.4 is 5.32 Å².